The van der Waals surface area contributed by atoms with Crippen molar-refractivity contribution in [1.82, 2.24) is 0 Å². The van der Waals surface area contributed by atoms with E-state index in [1.165, 1.54) is 0 Å². The lowest BCUT2D eigenvalue weighted by Gasteiger charge is -2.12. The van der Waals surface area contributed by atoms with Gasteiger partial charge in [-0.25, -0.2) is 0 Å². The van der Waals surface area contributed by atoms with Gasteiger partial charge in [0.1, 0.15) is 0 Å². The van der Waals surface area contributed by atoms with E-state index < -0.39 is 18.8 Å². The van der Waals surface area contributed by atoms with Gasteiger partial charge in [-0.05, 0) is 19.3 Å². The quantitative estimate of drug-likeness (QED) is 0.334. The Hall–Kier alpha value is -0.540. The van der Waals surface area contributed by atoms with Gasteiger partial charge < -0.3 is 0 Å². The maximum Gasteiger partial charge on any atom is 0.378 e. The Balaban J connectivity index is 3.54. The standard InChI is InChI=1S/C8H11F4/c1-2-3-4-5-6-8(11,12)7(9)10/h2H,1,3-6H2. The van der Waals surface area contributed by atoms with Crippen LogP contribution in [0.4, 0.5) is 17.6 Å². The molecule has 0 amide bonds. The fraction of sp³-hybridized carbons (Fsp3) is 0.625. The maximum absolute atomic E-state index is 12.2. The zero-order valence-corrected chi connectivity index (χ0v) is 6.62. The summed E-state index contributed by atoms with van der Waals surface area (Å²) < 4.78 is 47.3. The highest BCUT2D eigenvalue weighted by Gasteiger charge is 2.41. The first-order chi connectivity index (χ1) is 5.50. The van der Waals surface area contributed by atoms with E-state index in [-0.39, 0.29) is 6.42 Å². The predicted octanol–water partition coefficient (Wildman–Crippen LogP) is 3.80. The van der Waals surface area contributed by atoms with Gasteiger partial charge in [-0.3, -0.25) is 0 Å². The first-order valence-corrected chi connectivity index (χ1v) is 3.68. The van der Waals surface area contributed by atoms with Crippen molar-refractivity contribution in [2.45, 2.75) is 31.6 Å². The lowest BCUT2D eigenvalue weighted by Crippen LogP contribution is -2.19. The number of alkyl halides is 2. The highest BCUT2D eigenvalue weighted by atomic mass is 19.3. The van der Waals surface area contributed by atoms with Crippen LogP contribution in [0, 0.1) is 6.43 Å². The highest BCUT2D eigenvalue weighted by molar-refractivity contribution is 4.82. The summed E-state index contributed by atoms with van der Waals surface area (Å²) in [6, 6.07) is 0. The second kappa shape index (κ2) is 5.17. The van der Waals surface area contributed by atoms with E-state index >= 15 is 0 Å². The Labute approximate surface area is 69.3 Å². The van der Waals surface area contributed by atoms with Gasteiger partial charge in [-0.15, -0.1) is 6.58 Å². The number of hydrogen-bond acceptors (Lipinski definition) is 0. The SMILES string of the molecule is C=CCCCCC(F)(F)[C](F)F. The molecule has 0 rings (SSSR count). The van der Waals surface area contributed by atoms with Crippen LogP contribution in [0.3, 0.4) is 0 Å². The van der Waals surface area contributed by atoms with Crippen molar-refractivity contribution in [2.24, 2.45) is 0 Å². The minimum Gasteiger partial charge on any atom is -0.200 e. The second-order valence-electron chi connectivity index (χ2n) is 2.50. The minimum atomic E-state index is -3.90. The third-order valence-electron chi connectivity index (χ3n) is 1.43. The molecular formula is C8H11F4. The van der Waals surface area contributed by atoms with Crippen molar-refractivity contribution in [1.29, 1.82) is 0 Å². The second-order valence-corrected chi connectivity index (χ2v) is 2.50. The molecule has 0 atom stereocenters. The average Bonchev–Trinajstić information content (AvgIpc) is 1.98. The van der Waals surface area contributed by atoms with E-state index in [4.69, 9.17) is 0 Å². The monoisotopic (exact) mass is 183 g/mol. The van der Waals surface area contributed by atoms with Gasteiger partial charge in [-0.1, -0.05) is 6.08 Å². The van der Waals surface area contributed by atoms with Crippen LogP contribution in [-0.4, -0.2) is 5.92 Å². The Morgan fingerprint density at radius 2 is 1.83 bits per heavy atom. The molecule has 0 aromatic carbocycles. The van der Waals surface area contributed by atoms with E-state index in [0.717, 1.165) is 0 Å². The van der Waals surface area contributed by atoms with E-state index in [1.807, 2.05) is 0 Å². The Morgan fingerprint density at radius 3 is 2.25 bits per heavy atom. The fourth-order valence-electron chi connectivity index (χ4n) is 0.730. The van der Waals surface area contributed by atoms with Crippen LogP contribution in [0.5, 0.6) is 0 Å². The first kappa shape index (κ1) is 11.5. The molecule has 0 aromatic heterocycles. The summed E-state index contributed by atoms with van der Waals surface area (Å²) in [5.41, 5.74) is 0. The molecule has 0 nitrogen and oxygen atoms in total. The van der Waals surface area contributed by atoms with Gasteiger partial charge in [0.25, 0.3) is 0 Å². The molecule has 4 heteroatoms. The molecule has 1 radical (unpaired) electrons. The predicted molar refractivity (Wildman–Crippen MR) is 39.1 cm³/mol. The summed E-state index contributed by atoms with van der Waals surface area (Å²) in [5, 5.41) is 0. The average molecular weight is 183 g/mol. The van der Waals surface area contributed by atoms with Crippen LogP contribution >= 0.6 is 0 Å². The largest absolute Gasteiger partial charge is 0.378 e. The molecule has 0 saturated carbocycles. The van der Waals surface area contributed by atoms with E-state index in [9.17, 15) is 17.6 Å². The number of rotatable bonds is 6. The summed E-state index contributed by atoms with van der Waals surface area (Å²) in [6.07, 6.45) is -0.829. The zero-order chi connectivity index (χ0) is 9.61. The topological polar surface area (TPSA) is 0 Å². The van der Waals surface area contributed by atoms with Gasteiger partial charge in [0.05, 0.1) is 0 Å². The van der Waals surface area contributed by atoms with Crippen molar-refractivity contribution < 1.29 is 17.6 Å². The van der Waals surface area contributed by atoms with Crippen LogP contribution in [0.25, 0.3) is 0 Å². The molecule has 0 aliphatic rings. The van der Waals surface area contributed by atoms with Crippen molar-refractivity contribution >= 4 is 0 Å². The maximum atomic E-state index is 12.2. The minimum absolute atomic E-state index is 0.0936. The molecule has 0 saturated heterocycles. The Morgan fingerprint density at radius 1 is 1.25 bits per heavy atom. The van der Waals surface area contributed by atoms with Crippen LogP contribution in [0.15, 0.2) is 12.7 Å². The Bertz CT molecular complexity index is 131. The van der Waals surface area contributed by atoms with Gasteiger partial charge >= 0.3 is 12.3 Å². The van der Waals surface area contributed by atoms with Gasteiger partial charge in [0, 0.05) is 6.42 Å². The summed E-state index contributed by atoms with van der Waals surface area (Å²) in [4.78, 5) is 0. The molecule has 0 N–H and O–H groups in total. The number of allylic oxidation sites excluding steroid dienone is 1. The smallest absolute Gasteiger partial charge is 0.200 e. The number of unbranched alkanes of at least 4 members (excludes halogenated alkanes) is 2. The van der Waals surface area contributed by atoms with Crippen molar-refractivity contribution in [3.05, 3.63) is 19.1 Å². The molecule has 0 heterocycles. The molecule has 0 spiro atoms. The van der Waals surface area contributed by atoms with E-state index in [2.05, 4.69) is 6.58 Å². The van der Waals surface area contributed by atoms with Crippen molar-refractivity contribution in [3.8, 4) is 0 Å². The van der Waals surface area contributed by atoms with Gasteiger partial charge in [0.15, 0.2) is 0 Å². The summed E-state index contributed by atoms with van der Waals surface area (Å²) in [7, 11) is 0. The molecule has 0 fully saturated rings. The third kappa shape index (κ3) is 4.36. The van der Waals surface area contributed by atoms with Crippen LogP contribution in [0.1, 0.15) is 25.7 Å². The molecule has 0 aliphatic heterocycles. The first-order valence-electron chi connectivity index (χ1n) is 3.68. The van der Waals surface area contributed by atoms with E-state index in [0.29, 0.717) is 12.8 Å². The Kier molecular flexibility index (Phi) is 4.93. The lowest BCUT2D eigenvalue weighted by atomic mass is 10.1. The molecule has 0 aromatic rings. The highest BCUT2D eigenvalue weighted by Crippen LogP contribution is 2.33. The molecular weight excluding hydrogens is 172 g/mol. The third-order valence-corrected chi connectivity index (χ3v) is 1.43. The molecule has 0 aliphatic carbocycles. The molecule has 71 valence electrons. The van der Waals surface area contributed by atoms with Crippen molar-refractivity contribution in [2.75, 3.05) is 0 Å². The summed E-state index contributed by atoms with van der Waals surface area (Å²) >= 11 is 0. The zero-order valence-electron chi connectivity index (χ0n) is 6.62. The van der Waals surface area contributed by atoms with Crippen LogP contribution in [-0.2, 0) is 0 Å². The summed E-state index contributed by atoms with van der Waals surface area (Å²) in [5.74, 6) is -3.90. The molecule has 0 bridgehead atoms. The van der Waals surface area contributed by atoms with Crippen molar-refractivity contribution in [3.63, 3.8) is 0 Å². The van der Waals surface area contributed by atoms with Gasteiger partial charge in [0.2, 0.25) is 0 Å². The lowest BCUT2D eigenvalue weighted by molar-refractivity contribution is -0.0669. The number of halogens is 4. The molecule has 12 heavy (non-hydrogen) atoms. The summed E-state index contributed by atoms with van der Waals surface area (Å²) in [6.45, 7) is 3.39. The van der Waals surface area contributed by atoms with Crippen LogP contribution < -0.4 is 0 Å². The molecule has 0 unspecified atom stereocenters. The normalized spacial score (nSPS) is 12.1. The number of hydrogen-bond donors (Lipinski definition) is 0. The van der Waals surface area contributed by atoms with Crippen LogP contribution in [0.2, 0.25) is 0 Å². The fourth-order valence-corrected chi connectivity index (χ4v) is 0.730. The van der Waals surface area contributed by atoms with Gasteiger partial charge in [-0.2, -0.15) is 17.6 Å². The van der Waals surface area contributed by atoms with E-state index in [1.54, 1.807) is 6.08 Å².